The van der Waals surface area contributed by atoms with Crippen molar-refractivity contribution < 1.29 is 9.84 Å². The fourth-order valence-corrected chi connectivity index (χ4v) is 2.83. The Bertz CT molecular complexity index is 254. The Morgan fingerprint density at radius 2 is 1.32 bits per heavy atom. The molecule has 0 bridgehead atoms. The van der Waals surface area contributed by atoms with E-state index in [0.717, 1.165) is 72.1 Å². The zero-order valence-electron chi connectivity index (χ0n) is 12.5. The highest BCUT2D eigenvalue weighted by molar-refractivity contribution is 4.78. The lowest BCUT2D eigenvalue weighted by Crippen LogP contribution is -2.52. The average Bonchev–Trinajstić information content (AvgIpc) is 2.37. The maximum Gasteiger partial charge on any atom is 0.0718 e. The summed E-state index contributed by atoms with van der Waals surface area (Å²) in [4.78, 5) is 7.40. The van der Waals surface area contributed by atoms with Gasteiger partial charge >= 0.3 is 0 Å². The second-order valence-electron chi connectivity index (χ2n) is 6.38. The molecule has 0 saturated carbocycles. The van der Waals surface area contributed by atoms with E-state index >= 15 is 0 Å². The van der Waals surface area contributed by atoms with E-state index in [0.29, 0.717) is 0 Å². The van der Waals surface area contributed by atoms with Gasteiger partial charge in [-0.1, -0.05) is 0 Å². The zero-order valence-corrected chi connectivity index (χ0v) is 12.5. The molecule has 0 aromatic rings. The Kier molecular flexibility index (Phi) is 5.59. The van der Waals surface area contributed by atoms with Gasteiger partial charge in [0.25, 0.3) is 0 Å². The van der Waals surface area contributed by atoms with Gasteiger partial charge < -0.3 is 9.84 Å². The first-order valence-electron chi connectivity index (χ1n) is 7.50. The van der Waals surface area contributed by atoms with Gasteiger partial charge in [0.15, 0.2) is 0 Å². The van der Waals surface area contributed by atoms with Crippen LogP contribution in [0.5, 0.6) is 0 Å². The minimum atomic E-state index is -0.573. The molecule has 112 valence electrons. The van der Waals surface area contributed by atoms with Crippen molar-refractivity contribution in [3.8, 4) is 0 Å². The number of piperazine rings is 1. The van der Waals surface area contributed by atoms with Gasteiger partial charge in [0.05, 0.1) is 18.8 Å². The molecule has 19 heavy (non-hydrogen) atoms. The largest absolute Gasteiger partial charge is 0.389 e. The van der Waals surface area contributed by atoms with Crippen LogP contribution in [0.3, 0.4) is 0 Å². The van der Waals surface area contributed by atoms with Gasteiger partial charge in [0.1, 0.15) is 0 Å². The Morgan fingerprint density at radius 1 is 0.842 bits per heavy atom. The second kappa shape index (κ2) is 6.99. The lowest BCUT2D eigenvalue weighted by atomic mass is 10.1. The number of nitrogens with zero attached hydrogens (tertiary/aromatic N) is 3. The summed E-state index contributed by atoms with van der Waals surface area (Å²) in [7, 11) is 0. The first kappa shape index (κ1) is 15.2. The molecule has 5 nitrogen and oxygen atoms in total. The molecule has 2 aliphatic heterocycles. The fraction of sp³-hybridized carbons (Fsp3) is 1.00. The molecule has 0 atom stereocenters. The van der Waals surface area contributed by atoms with Crippen molar-refractivity contribution in [2.45, 2.75) is 19.4 Å². The van der Waals surface area contributed by atoms with Gasteiger partial charge in [-0.05, 0) is 13.8 Å². The number of hydrogen-bond donors (Lipinski definition) is 1. The summed E-state index contributed by atoms with van der Waals surface area (Å²) in [6.07, 6.45) is 0. The highest BCUT2D eigenvalue weighted by atomic mass is 16.5. The molecule has 0 aliphatic carbocycles. The Balaban J connectivity index is 1.60. The zero-order chi connectivity index (χ0) is 13.7. The number of morpholine rings is 1. The molecular formula is C14H29N3O2. The van der Waals surface area contributed by atoms with Crippen molar-refractivity contribution in [2.24, 2.45) is 0 Å². The molecule has 0 aromatic carbocycles. The molecule has 2 saturated heterocycles. The number of hydrogen-bond acceptors (Lipinski definition) is 5. The molecule has 0 radical (unpaired) electrons. The van der Waals surface area contributed by atoms with Gasteiger partial charge in [-0.3, -0.25) is 14.7 Å². The van der Waals surface area contributed by atoms with E-state index in [-0.39, 0.29) is 0 Å². The summed E-state index contributed by atoms with van der Waals surface area (Å²) in [5, 5.41) is 9.84. The SMILES string of the molecule is CC(C)(O)CN1CCN(CCN2CCOCC2)CC1. The molecule has 5 heteroatoms. The Morgan fingerprint density at radius 3 is 1.84 bits per heavy atom. The molecule has 0 spiro atoms. The summed E-state index contributed by atoms with van der Waals surface area (Å²) < 4.78 is 5.37. The van der Waals surface area contributed by atoms with Crippen molar-refractivity contribution in [1.82, 2.24) is 14.7 Å². The lowest BCUT2D eigenvalue weighted by molar-refractivity contribution is 0.0108. The molecule has 2 fully saturated rings. The van der Waals surface area contributed by atoms with Crippen LogP contribution in [0.25, 0.3) is 0 Å². The third-order valence-electron chi connectivity index (χ3n) is 3.91. The summed E-state index contributed by atoms with van der Waals surface area (Å²) in [6.45, 7) is 15.2. The molecular weight excluding hydrogens is 242 g/mol. The molecule has 0 aromatic heterocycles. The average molecular weight is 271 g/mol. The van der Waals surface area contributed by atoms with Crippen LogP contribution < -0.4 is 0 Å². The molecule has 1 N–H and O–H groups in total. The van der Waals surface area contributed by atoms with Crippen LogP contribution in [0.4, 0.5) is 0 Å². The van der Waals surface area contributed by atoms with Gasteiger partial charge in [-0.2, -0.15) is 0 Å². The normalized spacial score (nSPS) is 24.8. The number of ether oxygens (including phenoxy) is 1. The maximum atomic E-state index is 9.84. The minimum Gasteiger partial charge on any atom is -0.389 e. The van der Waals surface area contributed by atoms with Crippen LogP contribution in [0.15, 0.2) is 0 Å². The van der Waals surface area contributed by atoms with E-state index in [4.69, 9.17) is 4.74 Å². The quantitative estimate of drug-likeness (QED) is 0.744. The van der Waals surface area contributed by atoms with Crippen LogP contribution in [0, 0.1) is 0 Å². The topological polar surface area (TPSA) is 39.2 Å². The molecule has 2 heterocycles. The summed E-state index contributed by atoms with van der Waals surface area (Å²) in [6, 6.07) is 0. The monoisotopic (exact) mass is 271 g/mol. The first-order chi connectivity index (χ1) is 9.03. The third kappa shape index (κ3) is 5.75. The molecule has 0 unspecified atom stereocenters. The number of rotatable bonds is 5. The van der Waals surface area contributed by atoms with Gasteiger partial charge in [-0.15, -0.1) is 0 Å². The first-order valence-corrected chi connectivity index (χ1v) is 7.50. The van der Waals surface area contributed by atoms with E-state index in [9.17, 15) is 5.11 Å². The number of β-amino-alcohol motifs (C(OH)–C–C–N with tert-alkyl or cyclic N) is 1. The standard InChI is InChI=1S/C14H29N3O2/c1-14(2,18)13-17-7-5-15(6-8-17)3-4-16-9-11-19-12-10-16/h18H,3-13H2,1-2H3. The Hall–Kier alpha value is -0.200. The minimum absolute atomic E-state index is 0.573. The van der Waals surface area contributed by atoms with Gasteiger partial charge in [-0.25, -0.2) is 0 Å². The predicted octanol–water partition coefficient (Wildman–Crippen LogP) is -0.293. The smallest absolute Gasteiger partial charge is 0.0718 e. The van der Waals surface area contributed by atoms with Crippen molar-refractivity contribution in [2.75, 3.05) is 72.1 Å². The van der Waals surface area contributed by atoms with E-state index in [1.54, 1.807) is 0 Å². The fourth-order valence-electron chi connectivity index (χ4n) is 2.83. The maximum absolute atomic E-state index is 9.84. The third-order valence-corrected chi connectivity index (χ3v) is 3.91. The molecule has 2 aliphatic rings. The van der Waals surface area contributed by atoms with E-state index in [1.807, 2.05) is 13.8 Å². The van der Waals surface area contributed by atoms with Crippen LogP contribution in [0.1, 0.15) is 13.8 Å². The predicted molar refractivity (Wildman–Crippen MR) is 76.4 cm³/mol. The van der Waals surface area contributed by atoms with Crippen LogP contribution in [0.2, 0.25) is 0 Å². The highest BCUT2D eigenvalue weighted by Gasteiger charge is 2.22. The van der Waals surface area contributed by atoms with Crippen molar-refractivity contribution in [1.29, 1.82) is 0 Å². The lowest BCUT2D eigenvalue weighted by Gasteiger charge is -2.38. The highest BCUT2D eigenvalue weighted by Crippen LogP contribution is 2.08. The van der Waals surface area contributed by atoms with Crippen molar-refractivity contribution >= 4 is 0 Å². The summed E-state index contributed by atoms with van der Waals surface area (Å²) >= 11 is 0. The van der Waals surface area contributed by atoms with Crippen LogP contribution in [-0.4, -0.2) is 97.5 Å². The van der Waals surface area contributed by atoms with E-state index in [1.165, 1.54) is 0 Å². The van der Waals surface area contributed by atoms with E-state index in [2.05, 4.69) is 14.7 Å². The van der Waals surface area contributed by atoms with Gasteiger partial charge in [0, 0.05) is 58.9 Å². The molecule has 2 rings (SSSR count). The second-order valence-corrected chi connectivity index (χ2v) is 6.38. The summed E-state index contributed by atoms with van der Waals surface area (Å²) in [5.41, 5.74) is -0.573. The van der Waals surface area contributed by atoms with E-state index < -0.39 is 5.60 Å². The van der Waals surface area contributed by atoms with Crippen LogP contribution >= 0.6 is 0 Å². The summed E-state index contributed by atoms with van der Waals surface area (Å²) in [5.74, 6) is 0. The van der Waals surface area contributed by atoms with Crippen molar-refractivity contribution in [3.63, 3.8) is 0 Å². The van der Waals surface area contributed by atoms with Crippen molar-refractivity contribution in [3.05, 3.63) is 0 Å². The molecule has 0 amide bonds. The van der Waals surface area contributed by atoms with Crippen LogP contribution in [-0.2, 0) is 4.74 Å². The Labute approximate surface area is 117 Å². The van der Waals surface area contributed by atoms with Gasteiger partial charge in [0.2, 0.25) is 0 Å². The number of aliphatic hydroxyl groups is 1.